The number of hydrogen-bond acceptors (Lipinski definition) is 5. The van der Waals surface area contributed by atoms with Gasteiger partial charge in [0.25, 0.3) is 11.8 Å². The number of ether oxygens (including phenoxy) is 1. The van der Waals surface area contributed by atoms with Crippen molar-refractivity contribution in [1.29, 1.82) is 0 Å². The van der Waals surface area contributed by atoms with Gasteiger partial charge in [0, 0.05) is 6.04 Å². The summed E-state index contributed by atoms with van der Waals surface area (Å²) in [6, 6.07) is 4.85. The van der Waals surface area contributed by atoms with E-state index in [0.717, 1.165) is 32.1 Å². The number of amides is 4. The summed E-state index contributed by atoms with van der Waals surface area (Å²) >= 11 is 5.96. The van der Waals surface area contributed by atoms with Gasteiger partial charge in [0.05, 0.1) is 10.6 Å². The van der Waals surface area contributed by atoms with Gasteiger partial charge in [-0.15, -0.1) is 0 Å². The number of benzene rings is 1. The van der Waals surface area contributed by atoms with Gasteiger partial charge in [-0.3, -0.25) is 14.9 Å². The van der Waals surface area contributed by atoms with Crippen molar-refractivity contribution in [2.24, 2.45) is 0 Å². The first kappa shape index (κ1) is 22.7. The molecule has 2 atom stereocenters. The second kappa shape index (κ2) is 10.8. The number of hydrogen-bond donors (Lipinski definition) is 3. The van der Waals surface area contributed by atoms with Gasteiger partial charge in [-0.2, -0.15) is 0 Å². The Labute approximate surface area is 174 Å². The van der Waals surface area contributed by atoms with Crippen LogP contribution in [0, 0.1) is 0 Å². The molecule has 1 aromatic rings. The minimum absolute atomic E-state index is 0.0504. The first-order valence-electron chi connectivity index (χ1n) is 9.65. The monoisotopic (exact) mass is 423 g/mol. The van der Waals surface area contributed by atoms with Gasteiger partial charge in [0.1, 0.15) is 6.04 Å². The molecule has 0 spiro atoms. The highest BCUT2D eigenvalue weighted by Gasteiger charge is 2.25. The van der Waals surface area contributed by atoms with Gasteiger partial charge in [0.15, 0.2) is 6.10 Å². The Hall–Kier alpha value is -2.61. The summed E-state index contributed by atoms with van der Waals surface area (Å²) in [6.45, 7) is 2.78. The predicted octanol–water partition coefficient (Wildman–Crippen LogP) is 2.55. The molecule has 1 aromatic carbocycles. The van der Waals surface area contributed by atoms with E-state index in [1.165, 1.54) is 19.9 Å². The molecule has 1 fully saturated rings. The average molecular weight is 424 g/mol. The molecule has 1 aliphatic carbocycles. The van der Waals surface area contributed by atoms with Crippen molar-refractivity contribution in [2.75, 3.05) is 0 Å². The normalized spacial score (nSPS) is 16.2. The Morgan fingerprint density at radius 1 is 1.07 bits per heavy atom. The maximum absolute atomic E-state index is 12.2. The third-order valence-corrected chi connectivity index (χ3v) is 4.99. The standard InChI is InChI=1S/C20H26ClN3O5/c1-12(22-18(26)15-10-6-7-11-16(15)21)19(27)29-13(2)17(25)24-20(28)23-14-8-4-3-5-9-14/h6-7,10-14H,3-5,8-9H2,1-2H3,(H,22,26)(H2,23,24,25,28)/t12-,13+/m0/s1. The Kier molecular flexibility index (Phi) is 8.45. The lowest BCUT2D eigenvalue weighted by atomic mass is 9.96. The maximum Gasteiger partial charge on any atom is 0.329 e. The van der Waals surface area contributed by atoms with Crippen LogP contribution in [0.25, 0.3) is 0 Å². The Bertz CT molecular complexity index is 764. The van der Waals surface area contributed by atoms with Gasteiger partial charge < -0.3 is 15.4 Å². The quantitative estimate of drug-likeness (QED) is 0.608. The van der Waals surface area contributed by atoms with E-state index >= 15 is 0 Å². The van der Waals surface area contributed by atoms with Gasteiger partial charge in [-0.1, -0.05) is 43.0 Å². The van der Waals surface area contributed by atoms with Crippen molar-refractivity contribution >= 4 is 35.4 Å². The van der Waals surface area contributed by atoms with E-state index in [4.69, 9.17) is 16.3 Å². The van der Waals surface area contributed by atoms with Crippen LogP contribution in [0.1, 0.15) is 56.3 Å². The number of carbonyl (C=O) groups is 4. The lowest BCUT2D eigenvalue weighted by molar-refractivity contribution is -0.155. The van der Waals surface area contributed by atoms with Crippen molar-refractivity contribution < 1.29 is 23.9 Å². The van der Waals surface area contributed by atoms with Crippen molar-refractivity contribution in [3.8, 4) is 0 Å². The van der Waals surface area contributed by atoms with Crippen molar-refractivity contribution in [2.45, 2.75) is 64.1 Å². The van der Waals surface area contributed by atoms with Gasteiger partial charge in [0.2, 0.25) is 0 Å². The van der Waals surface area contributed by atoms with Crippen molar-refractivity contribution in [1.82, 2.24) is 16.0 Å². The molecule has 3 N–H and O–H groups in total. The number of urea groups is 1. The second-order valence-electron chi connectivity index (χ2n) is 7.05. The average Bonchev–Trinajstić information content (AvgIpc) is 2.68. The van der Waals surface area contributed by atoms with E-state index in [1.807, 2.05) is 0 Å². The highest BCUT2D eigenvalue weighted by molar-refractivity contribution is 6.33. The molecule has 0 saturated heterocycles. The summed E-state index contributed by atoms with van der Waals surface area (Å²) in [7, 11) is 0. The summed E-state index contributed by atoms with van der Waals surface area (Å²) in [6.07, 6.45) is 3.81. The zero-order valence-corrected chi connectivity index (χ0v) is 17.3. The third kappa shape index (κ3) is 7.05. The molecule has 4 amide bonds. The fourth-order valence-corrected chi connectivity index (χ4v) is 3.21. The first-order chi connectivity index (χ1) is 13.8. The van der Waals surface area contributed by atoms with Crippen LogP contribution < -0.4 is 16.0 Å². The van der Waals surface area contributed by atoms with Gasteiger partial charge in [-0.25, -0.2) is 9.59 Å². The molecule has 9 heteroatoms. The summed E-state index contributed by atoms with van der Waals surface area (Å²) in [5, 5.41) is 7.64. The maximum atomic E-state index is 12.2. The molecule has 158 valence electrons. The molecule has 0 unspecified atom stereocenters. The molecule has 1 aliphatic rings. The van der Waals surface area contributed by atoms with Crippen LogP contribution in [0.15, 0.2) is 24.3 Å². The van der Waals surface area contributed by atoms with Gasteiger partial charge in [-0.05, 0) is 38.8 Å². The Morgan fingerprint density at radius 3 is 2.38 bits per heavy atom. The minimum Gasteiger partial charge on any atom is -0.451 e. The largest absolute Gasteiger partial charge is 0.451 e. The predicted molar refractivity (Wildman–Crippen MR) is 107 cm³/mol. The summed E-state index contributed by atoms with van der Waals surface area (Å²) in [5.74, 6) is -2.08. The first-order valence-corrected chi connectivity index (χ1v) is 10.0. The molecular weight excluding hydrogens is 398 g/mol. The summed E-state index contributed by atoms with van der Waals surface area (Å²) in [4.78, 5) is 48.4. The number of halogens is 1. The van der Waals surface area contributed by atoms with Crippen LogP contribution in [0.2, 0.25) is 5.02 Å². The molecule has 0 radical (unpaired) electrons. The summed E-state index contributed by atoms with van der Waals surface area (Å²) in [5.41, 5.74) is 0.221. The van der Waals surface area contributed by atoms with Gasteiger partial charge >= 0.3 is 12.0 Å². The van der Waals surface area contributed by atoms with Crippen LogP contribution in [-0.4, -0.2) is 42.0 Å². The molecule has 0 heterocycles. The van der Waals surface area contributed by atoms with E-state index in [-0.39, 0.29) is 16.6 Å². The van der Waals surface area contributed by atoms with E-state index < -0.39 is 36.0 Å². The number of rotatable bonds is 6. The molecule has 0 aliphatic heterocycles. The Morgan fingerprint density at radius 2 is 1.72 bits per heavy atom. The highest BCUT2D eigenvalue weighted by atomic mass is 35.5. The second-order valence-corrected chi connectivity index (χ2v) is 7.46. The topological polar surface area (TPSA) is 114 Å². The lowest BCUT2D eigenvalue weighted by Gasteiger charge is -2.23. The minimum atomic E-state index is -1.20. The van der Waals surface area contributed by atoms with Crippen LogP contribution in [0.5, 0.6) is 0 Å². The SMILES string of the molecule is C[C@H](NC(=O)c1ccccc1Cl)C(=O)O[C@H](C)C(=O)NC(=O)NC1CCCCC1. The smallest absolute Gasteiger partial charge is 0.329 e. The lowest BCUT2D eigenvalue weighted by Crippen LogP contribution is -2.49. The Balaban J connectivity index is 1.79. The zero-order valence-electron chi connectivity index (χ0n) is 16.5. The molecule has 2 rings (SSSR count). The van der Waals surface area contributed by atoms with Crippen LogP contribution in [-0.2, 0) is 14.3 Å². The van der Waals surface area contributed by atoms with E-state index in [2.05, 4.69) is 16.0 Å². The molecular formula is C20H26ClN3O5. The third-order valence-electron chi connectivity index (χ3n) is 4.66. The van der Waals surface area contributed by atoms with Crippen LogP contribution in [0.4, 0.5) is 4.79 Å². The molecule has 1 saturated carbocycles. The highest BCUT2D eigenvalue weighted by Crippen LogP contribution is 2.17. The number of carbonyl (C=O) groups excluding carboxylic acids is 4. The molecule has 0 aromatic heterocycles. The van der Waals surface area contributed by atoms with E-state index in [0.29, 0.717) is 0 Å². The fraction of sp³-hybridized carbons (Fsp3) is 0.500. The molecule has 8 nitrogen and oxygen atoms in total. The van der Waals surface area contributed by atoms with E-state index in [1.54, 1.807) is 18.2 Å². The fourth-order valence-electron chi connectivity index (χ4n) is 2.99. The van der Waals surface area contributed by atoms with E-state index in [9.17, 15) is 19.2 Å². The van der Waals surface area contributed by atoms with Crippen LogP contribution >= 0.6 is 11.6 Å². The summed E-state index contributed by atoms with van der Waals surface area (Å²) < 4.78 is 5.05. The van der Waals surface area contributed by atoms with Crippen molar-refractivity contribution in [3.63, 3.8) is 0 Å². The van der Waals surface area contributed by atoms with Crippen molar-refractivity contribution in [3.05, 3.63) is 34.9 Å². The zero-order chi connectivity index (χ0) is 21.4. The number of esters is 1. The van der Waals surface area contributed by atoms with Crippen LogP contribution in [0.3, 0.4) is 0 Å². The number of imide groups is 1. The molecule has 0 bridgehead atoms. The number of nitrogens with one attached hydrogen (secondary N) is 3. The molecule has 29 heavy (non-hydrogen) atoms.